The lowest BCUT2D eigenvalue weighted by Gasteiger charge is -2.11. The lowest BCUT2D eigenvalue weighted by atomic mass is 10.2. The molecule has 0 saturated carbocycles. The molecule has 2 heterocycles. The van der Waals surface area contributed by atoms with E-state index in [1.54, 1.807) is 16.9 Å². The van der Waals surface area contributed by atoms with Gasteiger partial charge in [0.05, 0.1) is 11.9 Å². The van der Waals surface area contributed by atoms with E-state index < -0.39 is 0 Å². The van der Waals surface area contributed by atoms with Crippen LogP contribution in [-0.2, 0) is 4.74 Å². The van der Waals surface area contributed by atoms with Gasteiger partial charge in [0.1, 0.15) is 12.0 Å². The zero-order valence-corrected chi connectivity index (χ0v) is 11.8. The number of aromatic nitrogens is 4. The van der Waals surface area contributed by atoms with Gasteiger partial charge < -0.3 is 10.5 Å². The van der Waals surface area contributed by atoms with Crippen LogP contribution in [0.1, 0.15) is 20.1 Å². The number of nitrogens with zero attached hydrogens (tertiary/aromatic N) is 4. The highest BCUT2D eigenvalue weighted by Crippen LogP contribution is 2.21. The first kappa shape index (κ1) is 13.0. The summed E-state index contributed by atoms with van der Waals surface area (Å²) in [7, 11) is 0. The summed E-state index contributed by atoms with van der Waals surface area (Å²) in [6.07, 6.45) is 3.49. The molecule has 2 rings (SSSR count). The number of rotatable bonds is 4. The Labute approximate surface area is 113 Å². The molecule has 0 amide bonds. The van der Waals surface area contributed by atoms with Crippen molar-refractivity contribution in [3.05, 3.63) is 23.2 Å². The third-order valence-electron chi connectivity index (χ3n) is 2.40. The minimum atomic E-state index is -0.105. The first-order chi connectivity index (χ1) is 8.60. The highest BCUT2D eigenvalue weighted by atomic mass is 79.9. The molecule has 0 spiro atoms. The molecule has 2 aromatic heterocycles. The first-order valence-corrected chi connectivity index (χ1v) is 6.35. The number of nitrogens with two attached hydrogens (primary N) is 1. The molecule has 0 aromatic carbocycles. The molecular weight excluding hydrogens is 298 g/mol. The second-order valence-electron chi connectivity index (χ2n) is 3.71. The zero-order valence-electron chi connectivity index (χ0n) is 10.2. The van der Waals surface area contributed by atoms with Crippen LogP contribution in [0.2, 0.25) is 0 Å². The van der Waals surface area contributed by atoms with Crippen LogP contribution in [0.15, 0.2) is 23.2 Å². The lowest BCUT2D eigenvalue weighted by molar-refractivity contribution is 0.0160. The van der Waals surface area contributed by atoms with E-state index >= 15 is 0 Å². The number of halogens is 1. The van der Waals surface area contributed by atoms with Crippen LogP contribution in [0.5, 0.6) is 0 Å². The van der Waals surface area contributed by atoms with E-state index in [0.29, 0.717) is 17.2 Å². The van der Waals surface area contributed by atoms with Crippen molar-refractivity contribution in [3.8, 4) is 11.3 Å². The van der Waals surface area contributed by atoms with Crippen molar-refractivity contribution in [2.45, 2.75) is 20.1 Å². The predicted octanol–water partition coefficient (Wildman–Crippen LogP) is 2.24. The largest absolute Gasteiger partial charge is 0.384 e. The van der Waals surface area contributed by atoms with Crippen molar-refractivity contribution in [2.75, 3.05) is 12.3 Å². The quantitative estimate of drug-likeness (QED) is 0.876. The van der Waals surface area contributed by atoms with Gasteiger partial charge in [-0.25, -0.2) is 14.6 Å². The van der Waals surface area contributed by atoms with Crippen LogP contribution in [0.25, 0.3) is 11.3 Å². The molecule has 0 bridgehead atoms. The predicted molar refractivity (Wildman–Crippen MR) is 71.7 cm³/mol. The average molecular weight is 312 g/mol. The summed E-state index contributed by atoms with van der Waals surface area (Å²) in [5, 5.41) is 4.25. The molecule has 6 nitrogen and oxygen atoms in total. The molecule has 0 aliphatic carbocycles. The SMILES string of the molecule is CCOC(C)n1cc(-c2cc(N)nc(Br)n2)cn1. The van der Waals surface area contributed by atoms with E-state index in [-0.39, 0.29) is 6.23 Å². The molecule has 0 saturated heterocycles. The molecule has 96 valence electrons. The third kappa shape index (κ3) is 2.85. The molecule has 1 unspecified atom stereocenters. The Morgan fingerprint density at radius 3 is 2.94 bits per heavy atom. The number of anilines is 1. The summed E-state index contributed by atoms with van der Waals surface area (Å²) in [5.41, 5.74) is 7.28. The van der Waals surface area contributed by atoms with Crippen molar-refractivity contribution < 1.29 is 4.74 Å². The maximum Gasteiger partial charge on any atom is 0.199 e. The van der Waals surface area contributed by atoms with Crippen molar-refractivity contribution >= 4 is 21.7 Å². The number of hydrogen-bond donors (Lipinski definition) is 1. The maximum absolute atomic E-state index is 5.68. The Bertz CT molecular complexity index is 522. The Hall–Kier alpha value is -1.47. The molecule has 2 aromatic rings. The number of hydrogen-bond acceptors (Lipinski definition) is 5. The van der Waals surface area contributed by atoms with Gasteiger partial charge in [0.25, 0.3) is 0 Å². The van der Waals surface area contributed by atoms with Crippen LogP contribution < -0.4 is 5.73 Å². The molecular formula is C11H14BrN5O. The molecule has 0 fully saturated rings. The fourth-order valence-electron chi connectivity index (χ4n) is 1.57. The van der Waals surface area contributed by atoms with Crippen molar-refractivity contribution in [2.24, 2.45) is 0 Å². The summed E-state index contributed by atoms with van der Waals surface area (Å²) in [6.45, 7) is 4.52. The van der Waals surface area contributed by atoms with Gasteiger partial charge in [-0.3, -0.25) is 0 Å². The number of nitrogen functional groups attached to an aromatic ring is 1. The van der Waals surface area contributed by atoms with Gasteiger partial charge in [-0.1, -0.05) is 0 Å². The van der Waals surface area contributed by atoms with E-state index in [1.165, 1.54) is 0 Å². The van der Waals surface area contributed by atoms with Crippen molar-refractivity contribution in [1.82, 2.24) is 19.7 Å². The minimum absolute atomic E-state index is 0.105. The van der Waals surface area contributed by atoms with Crippen LogP contribution in [-0.4, -0.2) is 26.4 Å². The summed E-state index contributed by atoms with van der Waals surface area (Å²) in [6, 6.07) is 1.71. The molecule has 0 aliphatic heterocycles. The first-order valence-electron chi connectivity index (χ1n) is 5.56. The standard InChI is InChI=1S/C11H14BrN5O/c1-3-18-7(2)17-6-8(5-14-17)9-4-10(13)16-11(12)15-9/h4-7H,3H2,1-2H3,(H2,13,15,16). The summed E-state index contributed by atoms with van der Waals surface area (Å²) in [4.78, 5) is 8.22. The van der Waals surface area contributed by atoms with E-state index in [0.717, 1.165) is 11.3 Å². The summed E-state index contributed by atoms with van der Waals surface area (Å²) in [5.74, 6) is 0.414. The Balaban J connectivity index is 2.29. The van der Waals surface area contributed by atoms with Crippen LogP contribution in [0.4, 0.5) is 5.82 Å². The van der Waals surface area contributed by atoms with E-state index in [1.807, 2.05) is 20.0 Å². The molecule has 18 heavy (non-hydrogen) atoms. The van der Waals surface area contributed by atoms with E-state index in [9.17, 15) is 0 Å². The second-order valence-corrected chi connectivity index (χ2v) is 4.42. The maximum atomic E-state index is 5.68. The van der Waals surface area contributed by atoms with Gasteiger partial charge in [-0.15, -0.1) is 0 Å². The molecule has 1 atom stereocenters. The Kier molecular flexibility index (Phi) is 3.93. The molecule has 0 aliphatic rings. The van der Waals surface area contributed by atoms with Crippen LogP contribution >= 0.6 is 15.9 Å². The summed E-state index contributed by atoms with van der Waals surface area (Å²) < 4.78 is 7.66. The van der Waals surface area contributed by atoms with Gasteiger partial charge >= 0.3 is 0 Å². The fraction of sp³-hybridized carbons (Fsp3) is 0.364. The molecule has 2 N–H and O–H groups in total. The molecule has 7 heteroatoms. The van der Waals surface area contributed by atoms with E-state index in [4.69, 9.17) is 10.5 Å². The lowest BCUT2D eigenvalue weighted by Crippen LogP contribution is -2.09. The highest BCUT2D eigenvalue weighted by Gasteiger charge is 2.09. The van der Waals surface area contributed by atoms with Gasteiger partial charge in [-0.2, -0.15) is 5.10 Å². The second kappa shape index (κ2) is 5.45. The van der Waals surface area contributed by atoms with E-state index in [2.05, 4.69) is 31.0 Å². The third-order valence-corrected chi connectivity index (χ3v) is 2.75. The summed E-state index contributed by atoms with van der Waals surface area (Å²) >= 11 is 3.22. The smallest absolute Gasteiger partial charge is 0.199 e. The van der Waals surface area contributed by atoms with Crippen LogP contribution in [0.3, 0.4) is 0 Å². The van der Waals surface area contributed by atoms with Gasteiger partial charge in [0.2, 0.25) is 0 Å². The highest BCUT2D eigenvalue weighted by molar-refractivity contribution is 9.10. The Morgan fingerprint density at radius 2 is 2.28 bits per heavy atom. The zero-order chi connectivity index (χ0) is 13.1. The van der Waals surface area contributed by atoms with Crippen molar-refractivity contribution in [3.63, 3.8) is 0 Å². The minimum Gasteiger partial charge on any atom is -0.384 e. The van der Waals surface area contributed by atoms with Crippen LogP contribution in [0, 0.1) is 0 Å². The fourth-order valence-corrected chi connectivity index (χ4v) is 1.97. The van der Waals surface area contributed by atoms with Gasteiger partial charge in [-0.05, 0) is 29.8 Å². The van der Waals surface area contributed by atoms with Crippen molar-refractivity contribution in [1.29, 1.82) is 0 Å². The van der Waals surface area contributed by atoms with Gasteiger partial charge in [0, 0.05) is 24.4 Å². The topological polar surface area (TPSA) is 78.9 Å². The van der Waals surface area contributed by atoms with Gasteiger partial charge in [0.15, 0.2) is 4.73 Å². The number of ether oxygens (including phenoxy) is 1. The average Bonchev–Trinajstić information content (AvgIpc) is 2.77. The normalized spacial score (nSPS) is 12.6. The Morgan fingerprint density at radius 1 is 1.50 bits per heavy atom. The molecule has 0 radical (unpaired) electrons. The monoisotopic (exact) mass is 311 g/mol.